The number of thioether (sulfide) groups is 1. The Balaban J connectivity index is 3.28. The lowest BCUT2D eigenvalue weighted by Crippen LogP contribution is -1.99. The predicted molar refractivity (Wildman–Crippen MR) is 55.9 cm³/mol. The molecule has 0 bridgehead atoms. The van der Waals surface area contributed by atoms with Crippen LogP contribution in [0.5, 0.6) is 0 Å². The molecule has 0 aromatic rings. The summed E-state index contributed by atoms with van der Waals surface area (Å²) >= 11 is 14.5. The fourth-order valence-electron chi connectivity index (χ4n) is 0.163. The minimum absolute atomic E-state index is 0.338. The molecule has 0 nitrogen and oxygen atoms in total. The molecule has 1 atom stereocenters. The van der Waals surface area contributed by atoms with Crippen molar-refractivity contribution in [1.82, 2.24) is 0 Å². The van der Waals surface area contributed by atoms with E-state index < -0.39 is 6.98 Å². The quantitative estimate of drug-likeness (QED) is 0.576. The summed E-state index contributed by atoms with van der Waals surface area (Å²) in [7, 11) is 0. The summed E-state index contributed by atoms with van der Waals surface area (Å²) in [6.07, 6.45) is 0. The first-order valence-corrected chi connectivity index (χ1v) is 5.83. The predicted octanol–water partition coefficient (Wildman–Crippen LogP) is 3.74. The van der Waals surface area contributed by atoms with Gasteiger partial charge in [-0.15, -0.1) is 24.4 Å². The van der Waals surface area contributed by atoms with Crippen LogP contribution in [0.25, 0.3) is 0 Å². The summed E-state index contributed by atoms with van der Waals surface area (Å²) in [6.45, 7) is 0. The lowest BCUT2D eigenvalue weighted by atomic mass is 10.9. The third kappa shape index (κ3) is 10.1. The molecule has 0 radical (unpaired) electrons. The van der Waals surface area contributed by atoms with Gasteiger partial charge in [-0.25, -0.2) is 4.39 Å². The molecular formula is C3H4Br3FS2. The van der Waals surface area contributed by atoms with Gasteiger partial charge in [-0.05, 0) is 47.8 Å². The van der Waals surface area contributed by atoms with Crippen LogP contribution >= 0.6 is 72.2 Å². The molecule has 0 N–H and O–H groups in total. The zero-order valence-electron chi connectivity index (χ0n) is 4.15. The van der Waals surface area contributed by atoms with Gasteiger partial charge in [0.05, 0.1) is 0 Å². The van der Waals surface area contributed by atoms with Crippen LogP contribution in [-0.4, -0.2) is 12.7 Å². The zero-order valence-corrected chi connectivity index (χ0v) is 10.6. The molecule has 0 aliphatic heterocycles. The van der Waals surface area contributed by atoms with Crippen LogP contribution in [0.3, 0.4) is 0 Å². The Hall–Kier alpha value is 2.07. The Morgan fingerprint density at radius 1 is 1.56 bits per heavy atom. The van der Waals surface area contributed by atoms with Crippen LogP contribution in [0.4, 0.5) is 4.39 Å². The van der Waals surface area contributed by atoms with Crippen molar-refractivity contribution in [2.75, 3.05) is 5.75 Å². The van der Waals surface area contributed by atoms with Crippen LogP contribution in [0.15, 0.2) is 0 Å². The summed E-state index contributed by atoms with van der Waals surface area (Å²) < 4.78 is 11.6. The van der Waals surface area contributed by atoms with E-state index in [4.69, 9.17) is 0 Å². The number of alkyl halides is 4. The second-order valence-corrected chi connectivity index (χ2v) is 11.3. The van der Waals surface area contributed by atoms with E-state index in [-0.39, 0.29) is 0 Å². The van der Waals surface area contributed by atoms with E-state index in [1.54, 1.807) is 0 Å². The van der Waals surface area contributed by atoms with Crippen LogP contribution in [0.1, 0.15) is 0 Å². The largest absolute Gasteiger partial charge is 0.235 e. The molecule has 56 valence electrons. The molecule has 0 amide bonds. The van der Waals surface area contributed by atoms with Crippen molar-refractivity contribution in [3.05, 3.63) is 0 Å². The van der Waals surface area contributed by atoms with Gasteiger partial charge >= 0.3 is 0 Å². The summed E-state index contributed by atoms with van der Waals surface area (Å²) in [5, 5.41) is 0. The molecular weight excluding hydrogens is 359 g/mol. The van der Waals surface area contributed by atoms with Gasteiger partial charge in [0.15, 0.2) is 6.98 Å². The Morgan fingerprint density at radius 3 is 2.11 bits per heavy atom. The standard InChI is InChI=1S/C3H4Br3FS2/c4-3(5,6)9-1-2(7)8/h2,8H,1H2. The minimum atomic E-state index is -1.07. The molecule has 0 aliphatic carbocycles. The van der Waals surface area contributed by atoms with Crippen molar-refractivity contribution in [2.45, 2.75) is 6.98 Å². The van der Waals surface area contributed by atoms with Crippen LogP contribution in [-0.2, 0) is 0 Å². The van der Waals surface area contributed by atoms with Crippen LogP contribution in [0, 0.1) is 0 Å². The van der Waals surface area contributed by atoms with E-state index in [9.17, 15) is 4.39 Å². The van der Waals surface area contributed by atoms with Gasteiger partial charge in [-0.1, -0.05) is 0 Å². The van der Waals surface area contributed by atoms with Crippen molar-refractivity contribution in [2.24, 2.45) is 0 Å². The molecule has 0 heterocycles. The average Bonchev–Trinajstić information content (AvgIpc) is 1.59. The Bertz CT molecular complexity index is 81.6. The zero-order chi connectivity index (χ0) is 7.49. The van der Waals surface area contributed by atoms with Crippen LogP contribution < -0.4 is 0 Å². The monoisotopic (exact) mass is 360 g/mol. The van der Waals surface area contributed by atoms with E-state index in [1.807, 2.05) is 0 Å². The van der Waals surface area contributed by atoms with E-state index >= 15 is 0 Å². The van der Waals surface area contributed by atoms with Gasteiger partial charge in [-0.2, -0.15) is 0 Å². The Kier molecular flexibility index (Phi) is 5.96. The smallest absolute Gasteiger partial charge is 0.180 e. The Labute approximate surface area is 88.5 Å². The van der Waals surface area contributed by atoms with Crippen molar-refractivity contribution in [3.8, 4) is 0 Å². The summed E-state index contributed by atoms with van der Waals surface area (Å²) in [6, 6.07) is 0. The highest BCUT2D eigenvalue weighted by atomic mass is 80.0. The second kappa shape index (κ2) is 4.85. The second-order valence-electron chi connectivity index (χ2n) is 1.19. The minimum Gasteiger partial charge on any atom is -0.235 e. The number of rotatable bonds is 2. The normalized spacial score (nSPS) is 15.7. The number of hydrogen-bond donors (Lipinski definition) is 1. The lowest BCUT2D eigenvalue weighted by molar-refractivity contribution is 0.493. The number of hydrogen-bond acceptors (Lipinski definition) is 2. The molecule has 1 unspecified atom stereocenters. The van der Waals surface area contributed by atoms with E-state index in [1.165, 1.54) is 11.8 Å². The maximum absolute atomic E-state index is 12.0. The summed E-state index contributed by atoms with van der Waals surface area (Å²) in [5.74, 6) is 0.338. The molecule has 0 aromatic carbocycles. The summed E-state index contributed by atoms with van der Waals surface area (Å²) in [4.78, 5) is 0. The molecule has 0 aliphatic rings. The van der Waals surface area contributed by atoms with Crippen LogP contribution in [0.2, 0.25) is 0 Å². The Morgan fingerprint density at radius 2 is 2.00 bits per heavy atom. The first-order chi connectivity index (χ1) is 3.92. The first-order valence-electron chi connectivity index (χ1n) is 1.94. The van der Waals surface area contributed by atoms with E-state index in [0.29, 0.717) is 5.75 Å². The topological polar surface area (TPSA) is 0 Å². The fourth-order valence-corrected chi connectivity index (χ4v) is 1.90. The van der Waals surface area contributed by atoms with Crippen molar-refractivity contribution in [1.29, 1.82) is 0 Å². The fraction of sp³-hybridized carbons (Fsp3) is 1.00. The van der Waals surface area contributed by atoms with Gasteiger partial charge in [0.1, 0.15) is 0 Å². The van der Waals surface area contributed by atoms with Gasteiger partial charge in [0.2, 0.25) is 0 Å². The van der Waals surface area contributed by atoms with E-state index in [2.05, 4.69) is 60.4 Å². The highest BCUT2D eigenvalue weighted by molar-refractivity contribution is 9.42. The SMILES string of the molecule is FC(S)CSC(Br)(Br)Br. The van der Waals surface area contributed by atoms with E-state index in [0.717, 1.165) is 0 Å². The van der Waals surface area contributed by atoms with Crippen molar-refractivity contribution >= 4 is 72.2 Å². The number of halogens is 4. The lowest BCUT2D eigenvalue weighted by Gasteiger charge is -2.10. The highest BCUT2D eigenvalue weighted by Gasteiger charge is 2.18. The molecule has 9 heavy (non-hydrogen) atoms. The van der Waals surface area contributed by atoms with Gasteiger partial charge in [0.25, 0.3) is 0 Å². The third-order valence-corrected chi connectivity index (χ3v) is 3.66. The molecule has 0 fully saturated rings. The number of thiol groups is 1. The van der Waals surface area contributed by atoms with Gasteiger partial charge < -0.3 is 0 Å². The molecule has 0 rings (SSSR count). The summed E-state index contributed by atoms with van der Waals surface area (Å²) in [5.41, 5.74) is -1.07. The average molecular weight is 363 g/mol. The van der Waals surface area contributed by atoms with Crippen molar-refractivity contribution in [3.63, 3.8) is 0 Å². The van der Waals surface area contributed by atoms with Gasteiger partial charge in [-0.3, -0.25) is 0 Å². The maximum Gasteiger partial charge on any atom is 0.180 e. The first kappa shape index (κ1) is 11.1. The highest BCUT2D eigenvalue weighted by Crippen LogP contribution is 2.45. The molecule has 0 aromatic heterocycles. The van der Waals surface area contributed by atoms with Crippen molar-refractivity contribution < 1.29 is 4.39 Å². The molecule has 6 heteroatoms. The van der Waals surface area contributed by atoms with Gasteiger partial charge in [0, 0.05) is 5.75 Å². The molecule has 0 saturated carbocycles. The third-order valence-electron chi connectivity index (χ3n) is 0.385. The maximum atomic E-state index is 12.0. The molecule has 0 spiro atoms. The molecule has 0 saturated heterocycles.